The summed E-state index contributed by atoms with van der Waals surface area (Å²) in [6.45, 7) is 3.44. The molecule has 0 saturated carbocycles. The molecule has 3 atom stereocenters. The number of hydrogen-bond donors (Lipinski definition) is 1. The van der Waals surface area contributed by atoms with Crippen LogP contribution in [0.1, 0.15) is 44.9 Å². The molecule has 3 unspecified atom stereocenters. The van der Waals surface area contributed by atoms with Crippen LogP contribution in [0.15, 0.2) is 11.6 Å². The van der Waals surface area contributed by atoms with Gasteiger partial charge in [0.05, 0.1) is 5.60 Å². The summed E-state index contributed by atoms with van der Waals surface area (Å²) in [5, 5.41) is 11.0. The number of piperidine rings is 1. The zero-order valence-electron chi connectivity index (χ0n) is 10.1. The first kappa shape index (κ1) is 10.8. The summed E-state index contributed by atoms with van der Waals surface area (Å²) in [4.78, 5) is 2.51. The third-order valence-corrected chi connectivity index (χ3v) is 4.85. The summed E-state index contributed by atoms with van der Waals surface area (Å²) in [5.74, 6) is 0.519. The van der Waals surface area contributed by atoms with Gasteiger partial charge >= 0.3 is 0 Å². The first-order chi connectivity index (χ1) is 7.79. The Morgan fingerprint density at radius 1 is 1.25 bits per heavy atom. The zero-order chi connectivity index (χ0) is 11.0. The van der Waals surface area contributed by atoms with E-state index in [0.29, 0.717) is 5.92 Å². The molecule has 3 rings (SSSR count). The van der Waals surface area contributed by atoms with Crippen LogP contribution in [-0.4, -0.2) is 35.2 Å². The summed E-state index contributed by atoms with van der Waals surface area (Å²) < 4.78 is 0. The van der Waals surface area contributed by atoms with Gasteiger partial charge in [0.2, 0.25) is 0 Å². The normalized spacial score (nSPS) is 43.9. The van der Waals surface area contributed by atoms with Gasteiger partial charge < -0.3 is 10.0 Å². The Morgan fingerprint density at radius 3 is 3.12 bits per heavy atom. The highest BCUT2D eigenvalue weighted by Crippen LogP contribution is 2.42. The van der Waals surface area contributed by atoms with E-state index in [-0.39, 0.29) is 0 Å². The largest absolute Gasteiger partial charge is 0.385 e. The molecule has 2 saturated heterocycles. The second-order valence-corrected chi connectivity index (χ2v) is 5.79. The average molecular weight is 221 g/mol. The fourth-order valence-corrected chi connectivity index (χ4v) is 3.79. The monoisotopic (exact) mass is 221 g/mol. The van der Waals surface area contributed by atoms with Gasteiger partial charge in [-0.25, -0.2) is 0 Å². The molecule has 2 aliphatic heterocycles. The van der Waals surface area contributed by atoms with Crippen LogP contribution in [0.2, 0.25) is 0 Å². The van der Waals surface area contributed by atoms with Crippen LogP contribution in [0.3, 0.4) is 0 Å². The number of nitrogens with zero attached hydrogens (tertiary/aromatic N) is 1. The minimum absolute atomic E-state index is 0.433. The van der Waals surface area contributed by atoms with Crippen molar-refractivity contribution in [3.63, 3.8) is 0 Å². The highest BCUT2D eigenvalue weighted by molar-refractivity contribution is 5.22. The van der Waals surface area contributed by atoms with Gasteiger partial charge in [-0.2, -0.15) is 0 Å². The van der Waals surface area contributed by atoms with Crippen LogP contribution in [0.4, 0.5) is 0 Å². The number of allylic oxidation sites excluding steroid dienone is 1. The molecule has 0 amide bonds. The molecule has 16 heavy (non-hydrogen) atoms. The van der Waals surface area contributed by atoms with Gasteiger partial charge in [-0.05, 0) is 50.6 Å². The molecule has 0 radical (unpaired) electrons. The van der Waals surface area contributed by atoms with Crippen molar-refractivity contribution < 1.29 is 5.11 Å². The van der Waals surface area contributed by atoms with Crippen LogP contribution >= 0.6 is 0 Å². The van der Waals surface area contributed by atoms with Crippen molar-refractivity contribution in [1.82, 2.24) is 4.90 Å². The van der Waals surface area contributed by atoms with Crippen molar-refractivity contribution in [2.75, 3.05) is 19.6 Å². The molecule has 1 aliphatic carbocycles. The summed E-state index contributed by atoms with van der Waals surface area (Å²) in [5.41, 5.74) is 0.953. The first-order valence-electron chi connectivity index (χ1n) is 6.93. The van der Waals surface area contributed by atoms with Crippen molar-refractivity contribution in [1.29, 1.82) is 0 Å². The van der Waals surface area contributed by atoms with Crippen LogP contribution in [0.5, 0.6) is 0 Å². The fraction of sp³-hybridized carbons (Fsp3) is 0.857. The van der Waals surface area contributed by atoms with Crippen molar-refractivity contribution in [3.8, 4) is 0 Å². The molecule has 2 nitrogen and oxygen atoms in total. The molecule has 2 heterocycles. The van der Waals surface area contributed by atoms with Gasteiger partial charge in [-0.3, -0.25) is 0 Å². The number of rotatable bonds is 1. The molecule has 1 N–H and O–H groups in total. The van der Waals surface area contributed by atoms with Crippen LogP contribution < -0.4 is 0 Å². The fourth-order valence-electron chi connectivity index (χ4n) is 3.79. The van der Waals surface area contributed by atoms with Crippen molar-refractivity contribution in [2.45, 2.75) is 50.5 Å². The molecule has 2 bridgehead atoms. The molecular formula is C14H23NO. The van der Waals surface area contributed by atoms with E-state index in [2.05, 4.69) is 11.0 Å². The van der Waals surface area contributed by atoms with E-state index < -0.39 is 5.60 Å². The Hall–Kier alpha value is -0.340. The standard InChI is InChI=1S/C14H23NO/c16-14(12-5-3-1-2-4-6-12)8-10-15-9-7-13(14)11-15/h5,13,16H,1-4,6-11H2. The number of hydrogen-bond acceptors (Lipinski definition) is 2. The predicted molar refractivity (Wildman–Crippen MR) is 65.3 cm³/mol. The molecule has 0 aromatic carbocycles. The van der Waals surface area contributed by atoms with Crippen molar-refractivity contribution >= 4 is 0 Å². The highest BCUT2D eigenvalue weighted by Gasteiger charge is 2.46. The summed E-state index contributed by atoms with van der Waals surface area (Å²) in [7, 11) is 0. The Morgan fingerprint density at radius 2 is 2.19 bits per heavy atom. The minimum Gasteiger partial charge on any atom is -0.385 e. The average Bonchev–Trinajstić information content (AvgIpc) is 2.51. The molecule has 0 spiro atoms. The minimum atomic E-state index is -0.433. The lowest BCUT2D eigenvalue weighted by Gasteiger charge is -2.40. The maximum Gasteiger partial charge on any atom is 0.0909 e. The molecule has 2 fully saturated rings. The molecule has 90 valence electrons. The lowest BCUT2D eigenvalue weighted by molar-refractivity contribution is -0.0150. The van der Waals surface area contributed by atoms with E-state index in [4.69, 9.17) is 0 Å². The summed E-state index contributed by atoms with van der Waals surface area (Å²) in [6, 6.07) is 0. The first-order valence-corrected chi connectivity index (χ1v) is 6.93. The van der Waals surface area contributed by atoms with Gasteiger partial charge in [-0.15, -0.1) is 0 Å². The maximum absolute atomic E-state index is 11.0. The molecule has 0 aromatic rings. The molecule has 0 aromatic heterocycles. The smallest absolute Gasteiger partial charge is 0.0909 e. The Labute approximate surface area is 98.3 Å². The summed E-state index contributed by atoms with van der Waals surface area (Å²) >= 11 is 0. The summed E-state index contributed by atoms with van der Waals surface area (Å²) in [6.07, 6.45) is 10.8. The Kier molecular flexibility index (Phi) is 2.80. The third kappa shape index (κ3) is 1.72. The number of aliphatic hydroxyl groups is 1. The molecule has 2 heteroatoms. The van der Waals surface area contributed by atoms with Crippen molar-refractivity contribution in [2.24, 2.45) is 5.92 Å². The molecule has 3 aliphatic rings. The van der Waals surface area contributed by atoms with E-state index in [9.17, 15) is 5.11 Å². The van der Waals surface area contributed by atoms with Crippen LogP contribution in [-0.2, 0) is 0 Å². The second kappa shape index (κ2) is 4.15. The maximum atomic E-state index is 11.0. The topological polar surface area (TPSA) is 23.5 Å². The van der Waals surface area contributed by atoms with E-state index in [1.165, 1.54) is 44.2 Å². The van der Waals surface area contributed by atoms with Crippen molar-refractivity contribution in [3.05, 3.63) is 11.6 Å². The highest BCUT2D eigenvalue weighted by atomic mass is 16.3. The van der Waals surface area contributed by atoms with E-state index in [1.807, 2.05) is 0 Å². The van der Waals surface area contributed by atoms with Gasteiger partial charge in [0, 0.05) is 19.0 Å². The van der Waals surface area contributed by atoms with E-state index in [0.717, 1.165) is 25.9 Å². The second-order valence-electron chi connectivity index (χ2n) is 5.79. The SMILES string of the molecule is OC1(C2=CCCCCC2)CCN2CCC1C2. The lowest BCUT2D eigenvalue weighted by atomic mass is 9.75. The third-order valence-electron chi connectivity index (χ3n) is 4.85. The quantitative estimate of drug-likeness (QED) is 0.687. The van der Waals surface area contributed by atoms with Gasteiger partial charge in [0.15, 0.2) is 0 Å². The predicted octanol–water partition coefficient (Wildman–Crippen LogP) is 2.33. The van der Waals surface area contributed by atoms with Gasteiger partial charge in [0.1, 0.15) is 0 Å². The zero-order valence-corrected chi connectivity index (χ0v) is 10.1. The Balaban J connectivity index is 1.82. The van der Waals surface area contributed by atoms with Gasteiger partial charge in [0.25, 0.3) is 0 Å². The molecular weight excluding hydrogens is 198 g/mol. The number of fused-ring (bicyclic) bond motifs is 2. The van der Waals surface area contributed by atoms with Crippen LogP contribution in [0.25, 0.3) is 0 Å². The Bertz CT molecular complexity index is 299. The van der Waals surface area contributed by atoms with E-state index in [1.54, 1.807) is 0 Å². The van der Waals surface area contributed by atoms with Crippen LogP contribution in [0, 0.1) is 5.92 Å². The van der Waals surface area contributed by atoms with Gasteiger partial charge in [-0.1, -0.05) is 12.5 Å². The lowest BCUT2D eigenvalue weighted by Crippen LogP contribution is -2.47. The van der Waals surface area contributed by atoms with E-state index >= 15 is 0 Å².